The predicted octanol–water partition coefficient (Wildman–Crippen LogP) is 1.98. The van der Waals surface area contributed by atoms with Crippen molar-refractivity contribution in [3.05, 3.63) is 26.9 Å². The highest BCUT2D eigenvalue weighted by atomic mass is 79.9. The molecule has 0 saturated carbocycles. The van der Waals surface area contributed by atoms with Gasteiger partial charge in [0.25, 0.3) is 0 Å². The Kier molecular flexibility index (Phi) is 5.52. The van der Waals surface area contributed by atoms with Crippen molar-refractivity contribution < 1.29 is 12.8 Å². The number of nitrogens with two attached hydrogens (primary N) is 1. The number of hydrogen-bond donors (Lipinski definition) is 2. The second-order valence-corrected chi connectivity index (χ2v) is 6.65. The van der Waals surface area contributed by atoms with E-state index in [0.717, 1.165) is 12.1 Å². The third kappa shape index (κ3) is 3.99. The maximum atomic E-state index is 13.0. The summed E-state index contributed by atoms with van der Waals surface area (Å²) in [5.74, 6) is -0.523. The lowest BCUT2D eigenvalue weighted by Crippen LogP contribution is -2.26. The molecule has 4 nitrogen and oxygen atoms in total. The van der Waals surface area contributed by atoms with Crippen LogP contribution in [0.25, 0.3) is 0 Å². The van der Waals surface area contributed by atoms with Gasteiger partial charge in [-0.25, -0.2) is 17.5 Å². The van der Waals surface area contributed by atoms with Gasteiger partial charge in [-0.1, -0.05) is 0 Å². The number of sulfonamides is 1. The molecule has 0 spiro atoms. The number of halogens is 3. The molecule has 17 heavy (non-hydrogen) atoms. The molecular weight excluding hydrogens is 379 g/mol. The minimum atomic E-state index is -3.68. The van der Waals surface area contributed by atoms with Crippen LogP contribution in [0.5, 0.6) is 0 Å². The molecule has 0 bridgehead atoms. The van der Waals surface area contributed by atoms with Gasteiger partial charge < -0.3 is 5.73 Å². The molecule has 0 atom stereocenters. The maximum absolute atomic E-state index is 13.0. The van der Waals surface area contributed by atoms with Crippen LogP contribution < -0.4 is 10.5 Å². The molecule has 1 aromatic rings. The van der Waals surface area contributed by atoms with E-state index in [-0.39, 0.29) is 20.4 Å². The van der Waals surface area contributed by atoms with Crippen molar-refractivity contribution in [1.82, 2.24) is 4.72 Å². The van der Waals surface area contributed by atoms with Crippen LogP contribution in [-0.2, 0) is 10.0 Å². The molecule has 0 radical (unpaired) electrons. The Bertz CT molecular complexity index is 485. The fourth-order valence-corrected chi connectivity index (χ4v) is 4.76. The van der Waals surface area contributed by atoms with Gasteiger partial charge in [0, 0.05) is 15.5 Å². The normalized spacial score (nSPS) is 11.8. The highest BCUT2D eigenvalue weighted by molar-refractivity contribution is 9.11. The van der Waals surface area contributed by atoms with Crippen LogP contribution in [0.2, 0.25) is 0 Å². The first-order valence-corrected chi connectivity index (χ1v) is 7.79. The van der Waals surface area contributed by atoms with Crippen molar-refractivity contribution in [1.29, 1.82) is 0 Å². The molecule has 0 aliphatic carbocycles. The summed E-state index contributed by atoms with van der Waals surface area (Å²) in [4.78, 5) is -0.0177. The van der Waals surface area contributed by atoms with Crippen molar-refractivity contribution in [3.8, 4) is 0 Å². The van der Waals surface area contributed by atoms with Crippen LogP contribution in [0.15, 0.2) is 26.0 Å². The van der Waals surface area contributed by atoms with E-state index in [1.165, 1.54) is 0 Å². The van der Waals surface area contributed by atoms with Gasteiger partial charge in [-0.15, -0.1) is 0 Å². The smallest absolute Gasteiger partial charge is 0.242 e. The maximum Gasteiger partial charge on any atom is 0.242 e. The summed E-state index contributed by atoms with van der Waals surface area (Å²) in [6.07, 6.45) is 0.537. The predicted molar refractivity (Wildman–Crippen MR) is 70.7 cm³/mol. The molecule has 0 aromatic heterocycles. The molecule has 0 saturated heterocycles. The van der Waals surface area contributed by atoms with Crippen molar-refractivity contribution >= 4 is 41.9 Å². The van der Waals surface area contributed by atoms with Crippen molar-refractivity contribution in [2.24, 2.45) is 5.73 Å². The molecule has 0 unspecified atom stereocenters. The molecular formula is C9H11Br2FN2O2S. The molecule has 8 heteroatoms. The van der Waals surface area contributed by atoms with E-state index in [9.17, 15) is 12.8 Å². The van der Waals surface area contributed by atoms with Gasteiger partial charge >= 0.3 is 0 Å². The average molecular weight is 390 g/mol. The number of nitrogens with one attached hydrogen (secondary N) is 1. The van der Waals surface area contributed by atoms with Crippen molar-refractivity contribution in [3.63, 3.8) is 0 Å². The van der Waals surface area contributed by atoms with Gasteiger partial charge in [0.05, 0.1) is 0 Å². The zero-order valence-electron chi connectivity index (χ0n) is 8.71. The Balaban J connectivity index is 3.07. The Labute approximate surface area is 116 Å². The van der Waals surface area contributed by atoms with E-state index < -0.39 is 15.8 Å². The van der Waals surface area contributed by atoms with Crippen LogP contribution in [0, 0.1) is 5.82 Å². The Morgan fingerprint density at radius 1 is 1.29 bits per heavy atom. The first-order chi connectivity index (χ1) is 7.88. The Morgan fingerprint density at radius 3 is 2.29 bits per heavy atom. The van der Waals surface area contributed by atoms with Crippen LogP contribution in [-0.4, -0.2) is 21.5 Å². The van der Waals surface area contributed by atoms with Crippen molar-refractivity contribution in [2.75, 3.05) is 13.1 Å². The molecule has 0 heterocycles. The Morgan fingerprint density at radius 2 is 1.82 bits per heavy atom. The zero-order valence-corrected chi connectivity index (χ0v) is 12.7. The SMILES string of the molecule is NCCCNS(=O)(=O)c1c(Br)cc(F)cc1Br. The summed E-state index contributed by atoms with van der Waals surface area (Å²) in [6.45, 7) is 0.642. The van der Waals surface area contributed by atoms with E-state index >= 15 is 0 Å². The number of rotatable bonds is 5. The topological polar surface area (TPSA) is 72.2 Å². The van der Waals surface area contributed by atoms with E-state index in [1.807, 2.05) is 0 Å². The number of hydrogen-bond acceptors (Lipinski definition) is 3. The summed E-state index contributed by atoms with van der Waals surface area (Å²) in [6, 6.07) is 2.20. The summed E-state index contributed by atoms with van der Waals surface area (Å²) in [7, 11) is -3.68. The van der Waals surface area contributed by atoms with Crippen LogP contribution in [0.3, 0.4) is 0 Å². The van der Waals surface area contributed by atoms with E-state index in [4.69, 9.17) is 5.73 Å². The van der Waals surface area contributed by atoms with E-state index in [2.05, 4.69) is 36.6 Å². The molecule has 0 aliphatic rings. The Hall–Kier alpha value is -0.0200. The van der Waals surface area contributed by atoms with Crippen LogP contribution in [0.1, 0.15) is 6.42 Å². The second-order valence-electron chi connectivity index (χ2n) is 3.24. The van der Waals surface area contributed by atoms with E-state index in [1.54, 1.807) is 0 Å². The first kappa shape index (κ1) is 15.0. The molecule has 0 aliphatic heterocycles. The lowest BCUT2D eigenvalue weighted by Gasteiger charge is -2.10. The molecule has 0 fully saturated rings. The van der Waals surface area contributed by atoms with Gasteiger partial charge in [-0.3, -0.25) is 0 Å². The average Bonchev–Trinajstić information content (AvgIpc) is 2.15. The molecule has 96 valence electrons. The van der Waals surface area contributed by atoms with Gasteiger partial charge in [0.2, 0.25) is 10.0 Å². The third-order valence-electron chi connectivity index (χ3n) is 1.90. The minimum Gasteiger partial charge on any atom is -0.330 e. The minimum absolute atomic E-state index is 0.0177. The quantitative estimate of drug-likeness (QED) is 0.756. The fraction of sp³-hybridized carbons (Fsp3) is 0.333. The lowest BCUT2D eigenvalue weighted by molar-refractivity contribution is 0.577. The zero-order chi connectivity index (χ0) is 13.1. The van der Waals surface area contributed by atoms with Gasteiger partial charge in [-0.05, 0) is 57.0 Å². The van der Waals surface area contributed by atoms with Gasteiger partial charge in [0.15, 0.2) is 0 Å². The first-order valence-electron chi connectivity index (χ1n) is 4.73. The molecule has 1 rings (SSSR count). The second kappa shape index (κ2) is 6.24. The number of benzene rings is 1. The standard InChI is InChI=1S/C9H11Br2FN2O2S/c10-7-4-6(12)5-8(11)9(7)17(15,16)14-3-1-2-13/h4-5,14H,1-3,13H2. The highest BCUT2D eigenvalue weighted by Gasteiger charge is 2.21. The largest absolute Gasteiger partial charge is 0.330 e. The fourth-order valence-electron chi connectivity index (χ4n) is 1.17. The van der Waals surface area contributed by atoms with Crippen molar-refractivity contribution in [2.45, 2.75) is 11.3 Å². The summed E-state index contributed by atoms with van der Waals surface area (Å²) in [5, 5.41) is 0. The third-order valence-corrected chi connectivity index (χ3v) is 5.24. The van der Waals surface area contributed by atoms with E-state index in [0.29, 0.717) is 13.0 Å². The molecule has 1 aromatic carbocycles. The molecule has 0 amide bonds. The van der Waals surface area contributed by atoms with Crippen LogP contribution >= 0.6 is 31.9 Å². The lowest BCUT2D eigenvalue weighted by atomic mass is 10.3. The summed E-state index contributed by atoms with van der Waals surface area (Å²) >= 11 is 6.06. The van der Waals surface area contributed by atoms with Gasteiger partial charge in [-0.2, -0.15) is 0 Å². The molecule has 3 N–H and O–H groups in total. The highest BCUT2D eigenvalue weighted by Crippen LogP contribution is 2.30. The van der Waals surface area contributed by atoms with Crippen LogP contribution in [0.4, 0.5) is 4.39 Å². The monoisotopic (exact) mass is 388 g/mol. The summed E-state index contributed by atoms with van der Waals surface area (Å²) < 4.78 is 39.6. The summed E-state index contributed by atoms with van der Waals surface area (Å²) in [5.41, 5.74) is 5.27. The van der Waals surface area contributed by atoms with Gasteiger partial charge in [0.1, 0.15) is 10.7 Å².